The van der Waals surface area contributed by atoms with Crippen molar-refractivity contribution in [2.24, 2.45) is 5.73 Å². The molecule has 0 fully saturated rings. The minimum atomic E-state index is -0.526. The first kappa shape index (κ1) is 15.1. The molecule has 0 radical (unpaired) electrons. The number of nitrogens with two attached hydrogens (primary N) is 1. The summed E-state index contributed by atoms with van der Waals surface area (Å²) in [4.78, 5) is 14.2. The van der Waals surface area contributed by atoms with E-state index in [0.717, 1.165) is 9.75 Å². The van der Waals surface area contributed by atoms with Gasteiger partial charge in [0.25, 0.3) is 0 Å². The van der Waals surface area contributed by atoms with Gasteiger partial charge in [-0.05, 0) is 32.9 Å². The van der Waals surface area contributed by atoms with Gasteiger partial charge in [0.15, 0.2) is 0 Å². The van der Waals surface area contributed by atoms with Crippen LogP contribution in [-0.2, 0) is 14.3 Å². The van der Waals surface area contributed by atoms with E-state index in [2.05, 4.69) is 6.07 Å². The van der Waals surface area contributed by atoms with Crippen molar-refractivity contribution in [3.8, 4) is 6.07 Å². The van der Waals surface area contributed by atoms with E-state index < -0.39 is 11.9 Å². The van der Waals surface area contributed by atoms with Crippen molar-refractivity contribution >= 4 is 17.3 Å². The molecule has 0 bridgehead atoms. The van der Waals surface area contributed by atoms with Crippen molar-refractivity contribution < 1.29 is 14.3 Å². The van der Waals surface area contributed by atoms with Crippen LogP contribution in [0.3, 0.4) is 0 Å². The Bertz CT molecular complexity index is 679. The van der Waals surface area contributed by atoms with Crippen molar-refractivity contribution in [1.82, 2.24) is 0 Å². The third-order valence-corrected chi connectivity index (χ3v) is 4.21. The number of esters is 1. The first-order valence-electron chi connectivity index (χ1n) is 6.51. The average Bonchev–Trinajstić information content (AvgIpc) is 2.84. The predicted octanol–water partition coefficient (Wildman–Crippen LogP) is 2.70. The molecule has 0 unspecified atom stereocenters. The summed E-state index contributed by atoms with van der Waals surface area (Å²) < 4.78 is 10.4. The second-order valence-corrected chi connectivity index (χ2v) is 5.88. The summed E-state index contributed by atoms with van der Waals surface area (Å²) in [7, 11) is 0. The third kappa shape index (κ3) is 2.78. The molecule has 0 saturated carbocycles. The monoisotopic (exact) mass is 304 g/mol. The van der Waals surface area contributed by atoms with E-state index in [0.29, 0.717) is 11.3 Å². The van der Waals surface area contributed by atoms with Crippen LogP contribution in [0.5, 0.6) is 0 Å². The standard InChI is InChI=1S/C15H16N2O3S/c1-4-19-15(18)12-9(3)20-14(17)10(7-16)13(12)11-6-5-8(2)21-11/h5-6,13H,4,17H2,1-3H3/t13-/m0/s1. The Morgan fingerprint density at radius 1 is 1.52 bits per heavy atom. The predicted molar refractivity (Wildman–Crippen MR) is 79.0 cm³/mol. The number of rotatable bonds is 3. The molecule has 1 aromatic heterocycles. The van der Waals surface area contributed by atoms with Crippen LogP contribution in [0.4, 0.5) is 0 Å². The van der Waals surface area contributed by atoms with Crippen molar-refractivity contribution in [2.75, 3.05) is 6.61 Å². The van der Waals surface area contributed by atoms with E-state index in [4.69, 9.17) is 15.2 Å². The normalized spacial score (nSPS) is 18.3. The zero-order valence-corrected chi connectivity index (χ0v) is 12.9. The summed E-state index contributed by atoms with van der Waals surface area (Å²) in [5, 5.41) is 9.38. The Hall–Kier alpha value is -2.26. The number of nitriles is 1. The van der Waals surface area contributed by atoms with E-state index >= 15 is 0 Å². The van der Waals surface area contributed by atoms with Crippen molar-refractivity contribution in [1.29, 1.82) is 5.26 Å². The van der Waals surface area contributed by atoms with Crippen LogP contribution < -0.4 is 5.73 Å². The highest BCUT2D eigenvalue weighted by atomic mass is 32.1. The van der Waals surface area contributed by atoms with Gasteiger partial charge in [-0.1, -0.05) is 0 Å². The van der Waals surface area contributed by atoms with Crippen LogP contribution in [0.2, 0.25) is 0 Å². The van der Waals surface area contributed by atoms with E-state index in [1.807, 2.05) is 19.1 Å². The van der Waals surface area contributed by atoms with Crippen LogP contribution >= 0.6 is 11.3 Å². The number of nitrogens with zero attached hydrogens (tertiary/aromatic N) is 1. The van der Waals surface area contributed by atoms with Gasteiger partial charge in [0.2, 0.25) is 5.88 Å². The lowest BCUT2D eigenvalue weighted by Crippen LogP contribution is -2.25. The lowest BCUT2D eigenvalue weighted by molar-refractivity contribution is -0.139. The van der Waals surface area contributed by atoms with Gasteiger partial charge in [-0.15, -0.1) is 11.3 Å². The Balaban J connectivity index is 2.57. The van der Waals surface area contributed by atoms with Gasteiger partial charge in [-0.2, -0.15) is 5.26 Å². The molecule has 2 rings (SSSR count). The van der Waals surface area contributed by atoms with Gasteiger partial charge in [-0.3, -0.25) is 0 Å². The molecular weight excluding hydrogens is 288 g/mol. The third-order valence-electron chi connectivity index (χ3n) is 3.15. The maximum Gasteiger partial charge on any atom is 0.338 e. The van der Waals surface area contributed by atoms with Crippen LogP contribution in [0.15, 0.2) is 34.9 Å². The van der Waals surface area contributed by atoms with Gasteiger partial charge in [0, 0.05) is 9.75 Å². The molecule has 21 heavy (non-hydrogen) atoms. The quantitative estimate of drug-likeness (QED) is 0.868. The van der Waals surface area contributed by atoms with Crippen molar-refractivity contribution in [2.45, 2.75) is 26.7 Å². The number of carbonyl (C=O) groups is 1. The molecule has 0 spiro atoms. The second kappa shape index (κ2) is 6.02. The number of aryl methyl sites for hydroxylation is 1. The van der Waals surface area contributed by atoms with E-state index in [-0.39, 0.29) is 18.1 Å². The lowest BCUT2D eigenvalue weighted by Gasteiger charge is -2.25. The fourth-order valence-corrected chi connectivity index (χ4v) is 3.25. The molecule has 6 heteroatoms. The maximum atomic E-state index is 12.2. The molecule has 1 aliphatic rings. The first-order chi connectivity index (χ1) is 9.99. The van der Waals surface area contributed by atoms with E-state index in [9.17, 15) is 10.1 Å². The van der Waals surface area contributed by atoms with Crippen LogP contribution in [0, 0.1) is 18.3 Å². The Labute approximate surface area is 127 Å². The average molecular weight is 304 g/mol. The number of hydrogen-bond donors (Lipinski definition) is 1. The van der Waals surface area contributed by atoms with Gasteiger partial charge >= 0.3 is 5.97 Å². The summed E-state index contributed by atoms with van der Waals surface area (Å²) in [5.41, 5.74) is 6.38. The second-order valence-electron chi connectivity index (χ2n) is 4.56. The highest BCUT2D eigenvalue weighted by Crippen LogP contribution is 2.41. The van der Waals surface area contributed by atoms with Crippen LogP contribution in [0.1, 0.15) is 29.5 Å². The minimum Gasteiger partial charge on any atom is -0.463 e. The summed E-state index contributed by atoms with van der Waals surface area (Å²) in [6, 6.07) is 5.89. The molecule has 1 aliphatic heterocycles. The highest BCUT2D eigenvalue weighted by molar-refractivity contribution is 7.12. The summed E-state index contributed by atoms with van der Waals surface area (Å²) in [5.74, 6) is -0.590. The van der Waals surface area contributed by atoms with E-state index in [1.54, 1.807) is 13.8 Å². The first-order valence-corrected chi connectivity index (χ1v) is 7.33. The van der Waals surface area contributed by atoms with Gasteiger partial charge < -0.3 is 15.2 Å². The van der Waals surface area contributed by atoms with Gasteiger partial charge in [0.05, 0.1) is 18.1 Å². The zero-order valence-electron chi connectivity index (χ0n) is 12.1. The zero-order chi connectivity index (χ0) is 15.6. The molecule has 1 aromatic rings. The number of carbonyl (C=O) groups excluding carboxylic acids is 1. The van der Waals surface area contributed by atoms with Crippen molar-refractivity contribution in [3.63, 3.8) is 0 Å². The van der Waals surface area contributed by atoms with Crippen molar-refractivity contribution in [3.05, 3.63) is 44.7 Å². The summed E-state index contributed by atoms with van der Waals surface area (Å²) in [6.07, 6.45) is 0. The molecule has 0 amide bonds. The molecule has 110 valence electrons. The highest BCUT2D eigenvalue weighted by Gasteiger charge is 2.36. The summed E-state index contributed by atoms with van der Waals surface area (Å²) in [6.45, 7) is 5.61. The lowest BCUT2D eigenvalue weighted by atomic mass is 9.87. The van der Waals surface area contributed by atoms with Crippen LogP contribution in [-0.4, -0.2) is 12.6 Å². The van der Waals surface area contributed by atoms with Gasteiger partial charge in [-0.25, -0.2) is 4.79 Å². The molecular formula is C15H16N2O3S. The largest absolute Gasteiger partial charge is 0.463 e. The number of thiophene rings is 1. The van der Waals surface area contributed by atoms with Gasteiger partial charge in [0.1, 0.15) is 17.4 Å². The molecule has 5 nitrogen and oxygen atoms in total. The molecule has 0 aromatic carbocycles. The Kier molecular flexibility index (Phi) is 4.34. The maximum absolute atomic E-state index is 12.2. The number of hydrogen-bond acceptors (Lipinski definition) is 6. The minimum absolute atomic E-state index is 0.0408. The Morgan fingerprint density at radius 2 is 2.24 bits per heavy atom. The summed E-state index contributed by atoms with van der Waals surface area (Å²) >= 11 is 1.52. The number of ether oxygens (including phenoxy) is 2. The van der Waals surface area contributed by atoms with E-state index in [1.165, 1.54) is 11.3 Å². The molecule has 0 saturated heterocycles. The molecule has 2 heterocycles. The SMILES string of the molecule is CCOC(=O)C1=C(C)OC(N)=C(C#N)[C@H]1c1ccc(C)s1. The topological polar surface area (TPSA) is 85.3 Å². The number of allylic oxidation sites excluding steroid dienone is 2. The molecule has 0 aliphatic carbocycles. The fourth-order valence-electron chi connectivity index (χ4n) is 2.25. The Morgan fingerprint density at radius 3 is 2.76 bits per heavy atom. The molecule has 1 atom stereocenters. The van der Waals surface area contributed by atoms with Crippen LogP contribution in [0.25, 0.3) is 0 Å². The molecule has 2 N–H and O–H groups in total. The smallest absolute Gasteiger partial charge is 0.338 e. The fraction of sp³-hybridized carbons (Fsp3) is 0.333.